The number of aliphatic carboxylic acids is 1. The van der Waals surface area contributed by atoms with E-state index in [1.165, 1.54) is 6.07 Å². The number of nitrogens with zero attached hydrogens (tertiary/aromatic N) is 2. The lowest BCUT2D eigenvalue weighted by Gasteiger charge is -2.22. The molecule has 1 fully saturated rings. The number of benzene rings is 2. The van der Waals surface area contributed by atoms with Gasteiger partial charge in [0.15, 0.2) is 0 Å². The van der Waals surface area contributed by atoms with Gasteiger partial charge in [0.25, 0.3) is 0 Å². The number of hydrogen-bond donors (Lipinski definition) is 2. The molecule has 1 aliphatic rings. The van der Waals surface area contributed by atoms with Crippen LogP contribution in [-0.2, 0) is 14.8 Å². The lowest BCUT2D eigenvalue weighted by Crippen LogP contribution is -2.40. The summed E-state index contributed by atoms with van der Waals surface area (Å²) < 4.78 is 27.1. The van der Waals surface area contributed by atoms with Crippen molar-refractivity contribution in [2.75, 3.05) is 25.5 Å². The van der Waals surface area contributed by atoms with Crippen molar-refractivity contribution < 1.29 is 23.4 Å². The van der Waals surface area contributed by atoms with Crippen molar-refractivity contribution >= 4 is 32.5 Å². The molecule has 2 atom stereocenters. The van der Waals surface area contributed by atoms with Crippen molar-refractivity contribution in [3.05, 3.63) is 36.4 Å². The molecule has 1 unspecified atom stereocenters. The number of carboxylic acids is 1. The third-order valence-electron chi connectivity index (χ3n) is 4.45. The third kappa shape index (κ3) is 2.97. The van der Waals surface area contributed by atoms with Crippen LogP contribution in [0.1, 0.15) is 6.42 Å². The predicted molar refractivity (Wildman–Crippen MR) is 94.2 cm³/mol. The second-order valence-electron chi connectivity index (χ2n) is 6.34. The zero-order valence-electron chi connectivity index (χ0n) is 14.0. The lowest BCUT2D eigenvalue weighted by atomic mass is 10.1. The molecular weight excluding hydrogens is 344 g/mol. The highest BCUT2D eigenvalue weighted by Gasteiger charge is 2.44. The average Bonchev–Trinajstić information content (AvgIpc) is 2.96. The Morgan fingerprint density at radius 3 is 2.44 bits per heavy atom. The van der Waals surface area contributed by atoms with Gasteiger partial charge in [-0.05, 0) is 12.1 Å². The minimum Gasteiger partial charge on any atom is -0.480 e. The summed E-state index contributed by atoms with van der Waals surface area (Å²) in [7, 11) is -0.324. The molecular formula is C17H20N2O5S. The first-order valence-electron chi connectivity index (χ1n) is 7.85. The van der Waals surface area contributed by atoms with Gasteiger partial charge in [-0.25, -0.2) is 8.42 Å². The van der Waals surface area contributed by atoms with E-state index >= 15 is 0 Å². The van der Waals surface area contributed by atoms with Crippen molar-refractivity contribution in [1.82, 2.24) is 4.31 Å². The Morgan fingerprint density at radius 1 is 1.16 bits per heavy atom. The van der Waals surface area contributed by atoms with Crippen molar-refractivity contribution in [2.24, 2.45) is 0 Å². The molecule has 134 valence electrons. The number of sulfonamides is 1. The number of carboxylic acid groups (broad SMARTS) is 1. The fraction of sp³-hybridized carbons (Fsp3) is 0.353. The van der Waals surface area contributed by atoms with E-state index in [1.54, 1.807) is 18.2 Å². The summed E-state index contributed by atoms with van der Waals surface area (Å²) in [6.07, 6.45) is -1.09. The van der Waals surface area contributed by atoms with Gasteiger partial charge in [-0.15, -0.1) is 0 Å². The van der Waals surface area contributed by atoms with Gasteiger partial charge >= 0.3 is 5.97 Å². The summed E-state index contributed by atoms with van der Waals surface area (Å²) in [5.74, 6) is -1.26. The maximum atomic E-state index is 13.1. The summed E-state index contributed by atoms with van der Waals surface area (Å²) in [6, 6.07) is 9.05. The molecule has 0 radical (unpaired) electrons. The van der Waals surface area contributed by atoms with E-state index in [9.17, 15) is 23.4 Å². The Morgan fingerprint density at radius 2 is 1.80 bits per heavy atom. The van der Waals surface area contributed by atoms with Crippen LogP contribution in [0.15, 0.2) is 41.3 Å². The molecule has 0 spiro atoms. The maximum Gasteiger partial charge on any atom is 0.322 e. The molecule has 8 heteroatoms. The summed E-state index contributed by atoms with van der Waals surface area (Å²) in [5, 5.41) is 20.4. The van der Waals surface area contributed by atoms with Gasteiger partial charge in [0.2, 0.25) is 10.0 Å². The van der Waals surface area contributed by atoms with Crippen LogP contribution in [0.2, 0.25) is 0 Å². The van der Waals surface area contributed by atoms with Crippen LogP contribution in [0.5, 0.6) is 0 Å². The highest BCUT2D eigenvalue weighted by molar-refractivity contribution is 7.89. The van der Waals surface area contributed by atoms with E-state index < -0.39 is 28.1 Å². The quantitative estimate of drug-likeness (QED) is 0.843. The van der Waals surface area contributed by atoms with Gasteiger partial charge in [0, 0.05) is 43.5 Å². The van der Waals surface area contributed by atoms with Gasteiger partial charge in [0.05, 0.1) is 11.0 Å². The van der Waals surface area contributed by atoms with Crippen LogP contribution in [0.4, 0.5) is 5.69 Å². The van der Waals surface area contributed by atoms with Crippen molar-refractivity contribution in [1.29, 1.82) is 0 Å². The second-order valence-corrected chi connectivity index (χ2v) is 8.20. The molecule has 2 N–H and O–H groups in total. The Balaban J connectivity index is 2.18. The van der Waals surface area contributed by atoms with Crippen LogP contribution in [0.3, 0.4) is 0 Å². The minimum atomic E-state index is -4.06. The highest BCUT2D eigenvalue weighted by atomic mass is 32.2. The Kier molecular flexibility index (Phi) is 4.44. The monoisotopic (exact) mass is 364 g/mol. The molecule has 25 heavy (non-hydrogen) atoms. The number of aliphatic hydroxyl groups is 1. The standard InChI is InChI=1S/C17H20N2O5S/c1-18(2)14-7-3-6-13-12(14)5-4-8-16(13)25(23,24)19-10-11(20)9-15(19)17(21)22/h3-8,11,15,20H,9-10H2,1-2H3,(H,21,22)/t11?,15-/m0/s1. The molecule has 3 rings (SSSR count). The smallest absolute Gasteiger partial charge is 0.322 e. The molecule has 0 aromatic heterocycles. The Bertz CT molecular complexity index is 926. The highest BCUT2D eigenvalue weighted by Crippen LogP contribution is 2.34. The molecule has 2 aromatic rings. The van der Waals surface area contributed by atoms with E-state index in [2.05, 4.69) is 0 Å². The normalized spacial score (nSPS) is 21.6. The van der Waals surface area contributed by atoms with Crippen molar-refractivity contribution in [3.63, 3.8) is 0 Å². The molecule has 0 aliphatic carbocycles. The van der Waals surface area contributed by atoms with Crippen LogP contribution in [-0.4, -0.2) is 61.7 Å². The van der Waals surface area contributed by atoms with Gasteiger partial charge in [-0.2, -0.15) is 4.31 Å². The number of hydrogen-bond acceptors (Lipinski definition) is 5. The van der Waals surface area contributed by atoms with Crippen LogP contribution in [0, 0.1) is 0 Å². The lowest BCUT2D eigenvalue weighted by molar-refractivity contribution is -0.140. The molecule has 0 saturated carbocycles. The van der Waals surface area contributed by atoms with Crippen LogP contribution < -0.4 is 4.90 Å². The first-order chi connectivity index (χ1) is 11.7. The third-order valence-corrected chi connectivity index (χ3v) is 6.38. The zero-order valence-corrected chi connectivity index (χ0v) is 14.8. The topological polar surface area (TPSA) is 98.2 Å². The molecule has 7 nitrogen and oxygen atoms in total. The van der Waals surface area contributed by atoms with E-state index in [-0.39, 0.29) is 17.9 Å². The molecule has 1 heterocycles. The summed E-state index contributed by atoms with van der Waals surface area (Å²) in [4.78, 5) is 13.4. The Labute approximate surface area is 146 Å². The van der Waals surface area contributed by atoms with Gasteiger partial charge in [0.1, 0.15) is 6.04 Å². The first-order valence-corrected chi connectivity index (χ1v) is 9.29. The largest absolute Gasteiger partial charge is 0.480 e. The summed E-state index contributed by atoms with van der Waals surface area (Å²) >= 11 is 0. The molecule has 1 saturated heterocycles. The number of β-amino-alcohol motifs (C(OH)–C–C–N with tert-alkyl or cyclic N) is 1. The van der Waals surface area contributed by atoms with E-state index in [0.717, 1.165) is 15.4 Å². The Hall–Kier alpha value is -2.16. The SMILES string of the molecule is CN(C)c1cccc2c(S(=O)(=O)N3CC(O)C[C@H]3C(=O)O)cccc12. The van der Waals surface area contributed by atoms with Gasteiger partial charge < -0.3 is 15.1 Å². The fourth-order valence-electron chi connectivity index (χ4n) is 3.28. The van der Waals surface area contributed by atoms with Gasteiger partial charge in [-0.3, -0.25) is 4.79 Å². The van der Waals surface area contributed by atoms with E-state index in [4.69, 9.17) is 0 Å². The van der Waals surface area contributed by atoms with E-state index in [1.807, 2.05) is 31.1 Å². The number of aliphatic hydroxyl groups excluding tert-OH is 1. The van der Waals surface area contributed by atoms with Gasteiger partial charge in [-0.1, -0.05) is 24.3 Å². The average molecular weight is 364 g/mol. The predicted octanol–water partition coefficient (Wildman–Crippen LogP) is 1.11. The summed E-state index contributed by atoms with van der Waals surface area (Å²) in [6.45, 7) is -0.219. The molecule has 0 amide bonds. The number of rotatable bonds is 4. The molecule has 0 bridgehead atoms. The van der Waals surface area contributed by atoms with Crippen LogP contribution >= 0.6 is 0 Å². The number of anilines is 1. The summed E-state index contributed by atoms with van der Waals surface area (Å²) in [5.41, 5.74) is 0.866. The van der Waals surface area contributed by atoms with Crippen molar-refractivity contribution in [3.8, 4) is 0 Å². The minimum absolute atomic E-state index is 0.0500. The maximum absolute atomic E-state index is 13.1. The van der Waals surface area contributed by atoms with E-state index in [0.29, 0.717) is 5.39 Å². The second kappa shape index (κ2) is 6.29. The zero-order chi connectivity index (χ0) is 18.4. The fourth-order valence-corrected chi connectivity index (χ4v) is 5.12. The van der Waals surface area contributed by atoms with Crippen molar-refractivity contribution in [2.45, 2.75) is 23.5 Å². The number of fused-ring (bicyclic) bond motifs is 1. The number of carbonyl (C=O) groups is 1. The molecule has 2 aromatic carbocycles. The molecule has 1 aliphatic heterocycles. The first kappa shape index (κ1) is 17.7. The van der Waals surface area contributed by atoms with Crippen LogP contribution in [0.25, 0.3) is 10.8 Å².